The SMILES string of the molecule is Nc1nccnc1C(=O)OCc1nc(-c2ccsc2)no1. The molecule has 21 heavy (non-hydrogen) atoms. The van der Waals surface area contributed by atoms with Crippen LogP contribution in [0.5, 0.6) is 0 Å². The summed E-state index contributed by atoms with van der Waals surface area (Å²) in [6, 6.07) is 1.87. The van der Waals surface area contributed by atoms with Crippen molar-refractivity contribution in [3.05, 3.63) is 40.8 Å². The molecule has 3 heterocycles. The number of esters is 1. The number of rotatable bonds is 4. The van der Waals surface area contributed by atoms with Gasteiger partial charge >= 0.3 is 5.97 Å². The van der Waals surface area contributed by atoms with Crippen LogP contribution in [0, 0.1) is 0 Å². The molecule has 2 N–H and O–H groups in total. The van der Waals surface area contributed by atoms with Gasteiger partial charge in [0.15, 0.2) is 18.1 Å². The van der Waals surface area contributed by atoms with Gasteiger partial charge in [-0.15, -0.1) is 0 Å². The summed E-state index contributed by atoms with van der Waals surface area (Å²) < 4.78 is 10.0. The zero-order valence-corrected chi connectivity index (χ0v) is 11.4. The van der Waals surface area contributed by atoms with Crippen LogP contribution in [-0.4, -0.2) is 26.1 Å². The zero-order valence-electron chi connectivity index (χ0n) is 10.6. The molecule has 0 radical (unpaired) electrons. The lowest BCUT2D eigenvalue weighted by atomic mass is 10.3. The highest BCUT2D eigenvalue weighted by molar-refractivity contribution is 7.08. The number of hydrogen-bond donors (Lipinski definition) is 1. The van der Waals surface area contributed by atoms with E-state index in [9.17, 15) is 4.79 Å². The minimum atomic E-state index is -0.698. The average Bonchev–Trinajstić information content (AvgIpc) is 3.16. The normalized spacial score (nSPS) is 10.5. The van der Waals surface area contributed by atoms with Gasteiger partial charge in [0.05, 0.1) is 0 Å². The van der Waals surface area contributed by atoms with Gasteiger partial charge in [0.1, 0.15) is 0 Å². The Labute approximate surface area is 122 Å². The standard InChI is InChI=1S/C12H9N5O3S/c13-10-9(14-2-3-15-10)12(18)19-5-8-16-11(17-20-8)7-1-4-21-6-7/h1-4,6H,5H2,(H2,13,15). The summed E-state index contributed by atoms with van der Waals surface area (Å²) in [5.74, 6) is -0.0591. The molecule has 0 saturated carbocycles. The molecule has 0 aliphatic carbocycles. The third-order valence-electron chi connectivity index (χ3n) is 2.49. The molecule has 8 nitrogen and oxygen atoms in total. The Kier molecular flexibility index (Phi) is 3.56. The first-order valence-corrected chi connectivity index (χ1v) is 6.77. The summed E-state index contributed by atoms with van der Waals surface area (Å²) in [6.07, 6.45) is 2.74. The Morgan fingerprint density at radius 2 is 2.24 bits per heavy atom. The van der Waals surface area contributed by atoms with E-state index in [1.807, 2.05) is 16.8 Å². The average molecular weight is 303 g/mol. The Morgan fingerprint density at radius 3 is 3.00 bits per heavy atom. The fourth-order valence-corrected chi connectivity index (χ4v) is 2.16. The molecule has 0 atom stereocenters. The number of carbonyl (C=O) groups is 1. The van der Waals surface area contributed by atoms with E-state index in [1.54, 1.807) is 0 Å². The number of thiophene rings is 1. The Hall–Kier alpha value is -2.81. The van der Waals surface area contributed by atoms with Crippen LogP contribution in [0.4, 0.5) is 5.82 Å². The van der Waals surface area contributed by atoms with Gasteiger partial charge < -0.3 is 15.0 Å². The molecule has 3 aromatic heterocycles. The minimum Gasteiger partial charge on any atom is -0.451 e. The first-order valence-electron chi connectivity index (χ1n) is 5.83. The lowest BCUT2D eigenvalue weighted by Crippen LogP contribution is -2.11. The van der Waals surface area contributed by atoms with Crippen LogP contribution in [0.15, 0.2) is 33.7 Å². The third kappa shape index (κ3) is 2.87. The molecule has 0 aromatic carbocycles. The van der Waals surface area contributed by atoms with Crippen molar-refractivity contribution in [2.45, 2.75) is 6.61 Å². The predicted octanol–water partition coefficient (Wildman–Crippen LogP) is 1.53. The Balaban J connectivity index is 1.66. The van der Waals surface area contributed by atoms with Crippen LogP contribution in [-0.2, 0) is 11.3 Å². The van der Waals surface area contributed by atoms with E-state index in [1.165, 1.54) is 23.7 Å². The van der Waals surface area contributed by atoms with E-state index < -0.39 is 5.97 Å². The molecule has 3 aromatic rings. The number of aromatic nitrogens is 4. The molecule has 0 aliphatic rings. The van der Waals surface area contributed by atoms with E-state index in [4.69, 9.17) is 15.0 Å². The summed E-state index contributed by atoms with van der Waals surface area (Å²) in [4.78, 5) is 23.5. The fraction of sp³-hybridized carbons (Fsp3) is 0.0833. The van der Waals surface area contributed by atoms with Crippen LogP contribution in [0.25, 0.3) is 11.4 Å². The molecule has 0 unspecified atom stereocenters. The molecular formula is C12H9N5O3S. The molecule has 0 saturated heterocycles. The Morgan fingerprint density at radius 1 is 1.38 bits per heavy atom. The van der Waals surface area contributed by atoms with E-state index >= 15 is 0 Å². The van der Waals surface area contributed by atoms with Crippen molar-refractivity contribution in [1.29, 1.82) is 0 Å². The molecule has 0 bridgehead atoms. The van der Waals surface area contributed by atoms with Gasteiger partial charge in [0.2, 0.25) is 5.82 Å². The maximum Gasteiger partial charge on any atom is 0.361 e. The third-order valence-corrected chi connectivity index (χ3v) is 3.18. The molecule has 106 valence electrons. The van der Waals surface area contributed by atoms with Crippen LogP contribution < -0.4 is 5.73 Å². The molecule has 0 spiro atoms. The lowest BCUT2D eigenvalue weighted by Gasteiger charge is -2.02. The van der Waals surface area contributed by atoms with Crippen molar-refractivity contribution in [3.8, 4) is 11.4 Å². The largest absolute Gasteiger partial charge is 0.451 e. The second-order valence-corrected chi connectivity index (χ2v) is 4.67. The van der Waals surface area contributed by atoms with Crippen LogP contribution >= 0.6 is 11.3 Å². The van der Waals surface area contributed by atoms with Crippen molar-refractivity contribution >= 4 is 23.1 Å². The summed E-state index contributed by atoms with van der Waals surface area (Å²) in [7, 11) is 0. The van der Waals surface area contributed by atoms with Gasteiger partial charge in [-0.3, -0.25) is 0 Å². The molecular weight excluding hydrogens is 294 g/mol. The highest BCUT2D eigenvalue weighted by atomic mass is 32.1. The van der Waals surface area contributed by atoms with Gasteiger partial charge in [0.25, 0.3) is 5.89 Å². The number of carbonyl (C=O) groups excluding carboxylic acids is 1. The molecule has 0 amide bonds. The second-order valence-electron chi connectivity index (χ2n) is 3.89. The number of anilines is 1. The summed E-state index contributed by atoms with van der Waals surface area (Å²) in [5.41, 5.74) is 6.33. The van der Waals surface area contributed by atoms with Gasteiger partial charge in [0, 0.05) is 23.3 Å². The molecule has 0 aliphatic heterocycles. The van der Waals surface area contributed by atoms with Crippen molar-refractivity contribution in [1.82, 2.24) is 20.1 Å². The Bertz CT molecular complexity index is 756. The summed E-state index contributed by atoms with van der Waals surface area (Å²) in [5, 5.41) is 7.60. The summed E-state index contributed by atoms with van der Waals surface area (Å²) >= 11 is 1.52. The molecule has 0 fully saturated rings. The highest BCUT2D eigenvalue weighted by Crippen LogP contribution is 2.19. The highest BCUT2D eigenvalue weighted by Gasteiger charge is 2.16. The fourth-order valence-electron chi connectivity index (χ4n) is 1.52. The van der Waals surface area contributed by atoms with E-state index in [0.717, 1.165) is 5.56 Å². The van der Waals surface area contributed by atoms with Crippen molar-refractivity contribution < 1.29 is 14.1 Å². The van der Waals surface area contributed by atoms with E-state index in [-0.39, 0.29) is 24.0 Å². The maximum atomic E-state index is 11.8. The number of hydrogen-bond acceptors (Lipinski definition) is 9. The second kappa shape index (κ2) is 5.67. The van der Waals surface area contributed by atoms with Gasteiger partial charge in [-0.05, 0) is 11.4 Å². The van der Waals surface area contributed by atoms with E-state index in [2.05, 4.69) is 20.1 Å². The number of nitrogens with two attached hydrogens (primary N) is 1. The number of ether oxygens (including phenoxy) is 1. The lowest BCUT2D eigenvalue weighted by molar-refractivity contribution is 0.0424. The zero-order chi connectivity index (χ0) is 14.7. The predicted molar refractivity (Wildman–Crippen MR) is 73.2 cm³/mol. The summed E-state index contributed by atoms with van der Waals surface area (Å²) in [6.45, 7) is -0.161. The van der Waals surface area contributed by atoms with Gasteiger partial charge in [-0.25, -0.2) is 14.8 Å². The van der Waals surface area contributed by atoms with Crippen LogP contribution in [0.3, 0.4) is 0 Å². The van der Waals surface area contributed by atoms with Gasteiger partial charge in [-0.2, -0.15) is 16.3 Å². The first-order chi connectivity index (χ1) is 10.2. The number of nitrogen functional groups attached to an aromatic ring is 1. The topological polar surface area (TPSA) is 117 Å². The van der Waals surface area contributed by atoms with Crippen LogP contribution in [0.2, 0.25) is 0 Å². The smallest absolute Gasteiger partial charge is 0.361 e. The monoisotopic (exact) mass is 303 g/mol. The minimum absolute atomic E-state index is 0.00647. The molecule has 3 rings (SSSR count). The quantitative estimate of drug-likeness (QED) is 0.721. The maximum absolute atomic E-state index is 11.8. The van der Waals surface area contributed by atoms with Crippen molar-refractivity contribution in [3.63, 3.8) is 0 Å². The van der Waals surface area contributed by atoms with Crippen molar-refractivity contribution in [2.24, 2.45) is 0 Å². The number of nitrogens with zero attached hydrogens (tertiary/aromatic N) is 4. The van der Waals surface area contributed by atoms with E-state index in [0.29, 0.717) is 5.82 Å². The van der Waals surface area contributed by atoms with Crippen molar-refractivity contribution in [2.75, 3.05) is 5.73 Å². The van der Waals surface area contributed by atoms with Gasteiger partial charge in [-0.1, -0.05) is 5.16 Å². The molecule has 9 heteroatoms. The van der Waals surface area contributed by atoms with Crippen LogP contribution in [0.1, 0.15) is 16.4 Å². The first kappa shape index (κ1) is 13.2.